The molecule has 0 saturated carbocycles. The molecule has 0 bridgehead atoms. The fourth-order valence-electron chi connectivity index (χ4n) is 3.26. The van der Waals surface area contributed by atoms with Crippen molar-refractivity contribution in [1.29, 1.82) is 0 Å². The monoisotopic (exact) mass is 388 g/mol. The number of fused-ring (bicyclic) bond motifs is 2. The smallest absolute Gasteiger partial charge is 0.861 e. The summed E-state index contributed by atoms with van der Waals surface area (Å²) in [5.41, 5.74) is 0. The molecular formula is C16H16N2O4Sr. The van der Waals surface area contributed by atoms with Crippen LogP contribution in [0.15, 0.2) is 34.3 Å². The molecule has 2 aliphatic carbocycles. The number of rotatable bonds is 0. The van der Waals surface area contributed by atoms with Crippen LogP contribution in [0.1, 0.15) is 25.7 Å². The van der Waals surface area contributed by atoms with Gasteiger partial charge < -0.3 is 10.2 Å². The summed E-state index contributed by atoms with van der Waals surface area (Å²) >= 11 is 0. The van der Waals surface area contributed by atoms with E-state index < -0.39 is 0 Å². The molecule has 4 unspecified atom stereocenters. The molecular weight excluding hydrogens is 372 g/mol. The molecule has 2 heterocycles. The SMILES string of the molecule is O=C1N=C([O-])C2CCC=CC12.O=C1N=C([O-])C2CCC=CC12.[Sr+2]. The molecule has 4 aliphatic rings. The second kappa shape index (κ2) is 7.88. The summed E-state index contributed by atoms with van der Waals surface area (Å²) in [5.74, 6) is -1.66. The van der Waals surface area contributed by atoms with Gasteiger partial charge in [-0.2, -0.15) is 0 Å². The normalized spacial score (nSPS) is 33.7. The van der Waals surface area contributed by atoms with Crippen molar-refractivity contribution in [1.82, 2.24) is 0 Å². The van der Waals surface area contributed by atoms with Gasteiger partial charge in [-0.25, -0.2) is 9.98 Å². The number of allylic oxidation sites excluding steroid dienone is 2. The number of hydrogen-bond acceptors (Lipinski definition) is 4. The standard InChI is InChI=1S/2C8H9NO2.Sr/c2*10-7-5-3-1-2-4-6(5)8(11)9-7;/h2*1,3,5-6H,2,4H2,(H,9,10,11);/q;;+2/p-2. The van der Waals surface area contributed by atoms with Gasteiger partial charge in [0, 0.05) is 11.8 Å². The Labute approximate surface area is 171 Å². The van der Waals surface area contributed by atoms with Crippen LogP contribution in [-0.2, 0) is 9.59 Å². The molecule has 0 spiro atoms. The van der Waals surface area contributed by atoms with Gasteiger partial charge in [-0.3, -0.25) is 9.59 Å². The van der Waals surface area contributed by atoms with Gasteiger partial charge >= 0.3 is 45.5 Å². The average Bonchev–Trinajstić information content (AvgIpc) is 2.99. The Balaban J connectivity index is 0.000000160. The maximum absolute atomic E-state index is 11.0. The number of nitrogens with zero attached hydrogens (tertiary/aromatic N) is 2. The number of carbonyl (C=O) groups is 2. The molecule has 2 amide bonds. The summed E-state index contributed by atoms with van der Waals surface area (Å²) in [4.78, 5) is 28.8. The molecule has 0 N–H and O–H groups in total. The quantitative estimate of drug-likeness (QED) is 0.407. The average molecular weight is 388 g/mol. The summed E-state index contributed by atoms with van der Waals surface area (Å²) in [6.07, 6.45) is 10.9. The first kappa shape index (κ1) is 18.6. The molecule has 7 heteroatoms. The summed E-state index contributed by atoms with van der Waals surface area (Å²) in [6.45, 7) is 0. The van der Waals surface area contributed by atoms with E-state index in [4.69, 9.17) is 0 Å². The van der Waals surface area contributed by atoms with E-state index in [9.17, 15) is 19.8 Å². The Morgan fingerprint density at radius 1 is 0.826 bits per heavy atom. The van der Waals surface area contributed by atoms with E-state index in [1.807, 2.05) is 24.3 Å². The van der Waals surface area contributed by atoms with Gasteiger partial charge in [-0.05, 0) is 37.5 Å². The van der Waals surface area contributed by atoms with Crippen LogP contribution in [-0.4, -0.2) is 69.1 Å². The Bertz CT molecular complexity index is 570. The topological polar surface area (TPSA) is 105 Å². The van der Waals surface area contributed by atoms with Gasteiger partial charge in [0.1, 0.15) is 0 Å². The predicted molar refractivity (Wildman–Crippen MR) is 81.3 cm³/mol. The molecule has 0 radical (unpaired) electrons. The zero-order valence-electron chi connectivity index (χ0n) is 12.7. The minimum absolute atomic E-state index is 0. The summed E-state index contributed by atoms with van der Waals surface area (Å²) in [5, 5.41) is 22.0. The zero-order valence-corrected chi connectivity index (χ0v) is 16.2. The van der Waals surface area contributed by atoms with Crippen LogP contribution in [0.5, 0.6) is 0 Å². The van der Waals surface area contributed by atoms with E-state index in [-0.39, 0.29) is 92.8 Å². The molecule has 116 valence electrons. The molecule has 0 saturated heterocycles. The van der Waals surface area contributed by atoms with Crippen LogP contribution >= 0.6 is 0 Å². The third kappa shape index (κ3) is 3.84. The third-order valence-electron chi connectivity index (χ3n) is 4.49. The van der Waals surface area contributed by atoms with Crippen molar-refractivity contribution in [2.75, 3.05) is 0 Å². The largest absolute Gasteiger partial charge is 2.00 e. The van der Waals surface area contributed by atoms with Crippen molar-refractivity contribution in [3.05, 3.63) is 24.3 Å². The van der Waals surface area contributed by atoms with Crippen molar-refractivity contribution >= 4 is 69.1 Å². The molecule has 0 aromatic rings. The van der Waals surface area contributed by atoms with E-state index in [2.05, 4.69) is 9.98 Å². The number of aliphatic imine (C=N–C) groups is 2. The second-order valence-electron chi connectivity index (χ2n) is 5.85. The van der Waals surface area contributed by atoms with E-state index in [0.29, 0.717) is 0 Å². The first-order valence-corrected chi connectivity index (χ1v) is 7.50. The molecule has 4 atom stereocenters. The Morgan fingerprint density at radius 3 is 1.57 bits per heavy atom. The summed E-state index contributed by atoms with van der Waals surface area (Å²) < 4.78 is 0. The van der Waals surface area contributed by atoms with Gasteiger partial charge in [0.25, 0.3) is 11.8 Å². The zero-order chi connectivity index (χ0) is 15.7. The summed E-state index contributed by atoms with van der Waals surface area (Å²) in [7, 11) is 0. The molecule has 4 rings (SSSR count). The second-order valence-corrected chi connectivity index (χ2v) is 5.85. The van der Waals surface area contributed by atoms with Crippen molar-refractivity contribution in [2.45, 2.75) is 25.7 Å². The first-order valence-electron chi connectivity index (χ1n) is 7.50. The van der Waals surface area contributed by atoms with Crippen molar-refractivity contribution in [3.63, 3.8) is 0 Å². The van der Waals surface area contributed by atoms with Gasteiger partial charge in [0.2, 0.25) is 0 Å². The minimum Gasteiger partial charge on any atom is -0.861 e. The number of carbonyl (C=O) groups excluding carboxylic acids is 2. The van der Waals surface area contributed by atoms with Gasteiger partial charge in [0.05, 0.1) is 11.8 Å². The van der Waals surface area contributed by atoms with Crippen LogP contribution < -0.4 is 10.2 Å². The number of hydrogen-bond donors (Lipinski definition) is 0. The molecule has 23 heavy (non-hydrogen) atoms. The number of amides is 2. The van der Waals surface area contributed by atoms with Crippen molar-refractivity contribution in [2.24, 2.45) is 33.7 Å². The van der Waals surface area contributed by atoms with Crippen LogP contribution in [0.25, 0.3) is 0 Å². The minimum atomic E-state index is -0.254. The van der Waals surface area contributed by atoms with Crippen LogP contribution in [0, 0.1) is 23.7 Å². The van der Waals surface area contributed by atoms with Gasteiger partial charge in [-0.15, -0.1) is 0 Å². The van der Waals surface area contributed by atoms with E-state index in [1.54, 1.807) is 0 Å². The summed E-state index contributed by atoms with van der Waals surface area (Å²) in [6, 6.07) is 0. The first-order chi connectivity index (χ1) is 10.6. The fraction of sp³-hybridized carbons (Fsp3) is 0.500. The predicted octanol–water partition coefficient (Wildman–Crippen LogP) is -0.645. The van der Waals surface area contributed by atoms with Gasteiger partial charge in [0.15, 0.2) is 0 Å². The van der Waals surface area contributed by atoms with E-state index >= 15 is 0 Å². The van der Waals surface area contributed by atoms with E-state index in [0.717, 1.165) is 25.7 Å². The molecule has 2 aliphatic heterocycles. The Kier molecular flexibility index (Phi) is 6.36. The van der Waals surface area contributed by atoms with Crippen molar-refractivity contribution < 1.29 is 19.8 Å². The molecule has 0 fully saturated rings. The van der Waals surface area contributed by atoms with Gasteiger partial charge in [-0.1, -0.05) is 24.3 Å². The third-order valence-corrected chi connectivity index (χ3v) is 4.49. The molecule has 0 aromatic carbocycles. The van der Waals surface area contributed by atoms with Crippen molar-refractivity contribution in [3.8, 4) is 0 Å². The maximum Gasteiger partial charge on any atom is 2.00 e. The molecule has 6 nitrogen and oxygen atoms in total. The maximum atomic E-state index is 11.0. The van der Waals surface area contributed by atoms with E-state index in [1.165, 1.54) is 0 Å². The van der Waals surface area contributed by atoms with Crippen LogP contribution in [0.4, 0.5) is 0 Å². The van der Waals surface area contributed by atoms with Crippen LogP contribution in [0.3, 0.4) is 0 Å². The van der Waals surface area contributed by atoms with Crippen LogP contribution in [0.2, 0.25) is 0 Å². The Hall–Kier alpha value is -0.759. The fourth-order valence-corrected chi connectivity index (χ4v) is 3.26. The Morgan fingerprint density at radius 2 is 1.22 bits per heavy atom. The molecule has 0 aromatic heterocycles.